The van der Waals surface area contributed by atoms with E-state index in [1.165, 1.54) is 0 Å². The molecule has 138 valence electrons. The van der Waals surface area contributed by atoms with E-state index in [2.05, 4.69) is 30.7 Å². The number of fused-ring (bicyclic) bond motifs is 2. The van der Waals surface area contributed by atoms with Crippen LogP contribution in [0.1, 0.15) is 5.56 Å². The van der Waals surface area contributed by atoms with Crippen LogP contribution in [0.3, 0.4) is 0 Å². The van der Waals surface area contributed by atoms with Crippen LogP contribution in [0.4, 0.5) is 5.69 Å². The van der Waals surface area contributed by atoms with Crippen molar-refractivity contribution in [1.29, 1.82) is 0 Å². The highest BCUT2D eigenvalue weighted by molar-refractivity contribution is 6.05. The first kappa shape index (κ1) is 16.3. The molecule has 4 heterocycles. The number of aromatic amines is 1. The molecule has 7 nitrogen and oxygen atoms in total. The van der Waals surface area contributed by atoms with Crippen LogP contribution >= 0.6 is 0 Å². The predicted molar refractivity (Wildman–Crippen MR) is 107 cm³/mol. The van der Waals surface area contributed by atoms with Crippen LogP contribution in [0.15, 0.2) is 84.7 Å². The van der Waals surface area contributed by atoms with Gasteiger partial charge in [0, 0.05) is 36.1 Å². The predicted octanol–water partition coefficient (Wildman–Crippen LogP) is 2.67. The van der Waals surface area contributed by atoms with Crippen LogP contribution in [0.2, 0.25) is 0 Å². The molecule has 0 saturated heterocycles. The number of rotatable bonds is 4. The third-order valence-corrected chi connectivity index (χ3v) is 4.87. The van der Waals surface area contributed by atoms with E-state index in [1.807, 2.05) is 61.0 Å². The molecule has 0 spiro atoms. The van der Waals surface area contributed by atoms with Crippen molar-refractivity contribution in [2.45, 2.75) is 12.6 Å². The summed E-state index contributed by atoms with van der Waals surface area (Å²) in [5.74, 6) is -0.174. The highest BCUT2D eigenvalue weighted by Gasteiger charge is 2.33. The second kappa shape index (κ2) is 6.70. The van der Waals surface area contributed by atoms with Crippen LogP contribution in [0, 0.1) is 0 Å². The second-order valence-electron chi connectivity index (χ2n) is 6.72. The van der Waals surface area contributed by atoms with Gasteiger partial charge in [0.1, 0.15) is 11.9 Å². The molecular weight excluding hydrogens is 352 g/mol. The maximum absolute atomic E-state index is 13.0. The second-order valence-corrected chi connectivity index (χ2v) is 6.72. The molecule has 3 N–H and O–H groups in total. The summed E-state index contributed by atoms with van der Waals surface area (Å²) in [7, 11) is 0. The molecule has 3 aromatic rings. The smallest absolute Gasteiger partial charge is 0.273 e. The lowest BCUT2D eigenvalue weighted by molar-refractivity contribution is -0.113. The Balaban J connectivity index is 1.39. The van der Waals surface area contributed by atoms with Gasteiger partial charge in [-0.1, -0.05) is 12.1 Å². The van der Waals surface area contributed by atoms with E-state index >= 15 is 0 Å². The van der Waals surface area contributed by atoms with Gasteiger partial charge in [0.25, 0.3) is 5.91 Å². The normalized spacial score (nSPS) is 17.7. The number of amides is 1. The number of aromatic nitrogens is 3. The van der Waals surface area contributed by atoms with E-state index in [-0.39, 0.29) is 12.1 Å². The van der Waals surface area contributed by atoms with Crippen molar-refractivity contribution in [3.8, 4) is 0 Å². The average molecular weight is 370 g/mol. The van der Waals surface area contributed by atoms with Crippen molar-refractivity contribution in [2.24, 2.45) is 0 Å². The third kappa shape index (κ3) is 2.92. The molecular formula is C21H18N6O. The minimum absolute atomic E-state index is 0.0452. The lowest BCUT2D eigenvalue weighted by Crippen LogP contribution is -2.37. The van der Waals surface area contributed by atoms with Gasteiger partial charge in [0.15, 0.2) is 0 Å². The van der Waals surface area contributed by atoms with Crippen LogP contribution in [-0.4, -0.2) is 32.2 Å². The van der Waals surface area contributed by atoms with E-state index < -0.39 is 0 Å². The molecule has 1 amide bonds. The summed E-state index contributed by atoms with van der Waals surface area (Å²) >= 11 is 0. The zero-order valence-corrected chi connectivity index (χ0v) is 15.0. The van der Waals surface area contributed by atoms with Crippen LogP contribution < -0.4 is 10.6 Å². The van der Waals surface area contributed by atoms with Gasteiger partial charge in [-0.25, -0.2) is 0 Å². The summed E-state index contributed by atoms with van der Waals surface area (Å²) in [4.78, 5) is 19.3. The third-order valence-electron chi connectivity index (χ3n) is 4.87. The minimum Gasteiger partial charge on any atom is -0.358 e. The van der Waals surface area contributed by atoms with Crippen molar-refractivity contribution in [2.75, 3.05) is 5.32 Å². The Hall–Kier alpha value is -3.87. The number of nitrogens with zero attached hydrogens (tertiary/aromatic N) is 3. The Labute approximate surface area is 161 Å². The lowest BCUT2D eigenvalue weighted by Gasteiger charge is -2.25. The van der Waals surface area contributed by atoms with E-state index in [0.717, 1.165) is 28.6 Å². The SMILES string of the molecule is O=C(Nc1ccc2cn[nH]c2c1)C1=C2C=CC=CN2C(Cc2cccnc2)N1. The Kier molecular flexibility index (Phi) is 3.90. The number of pyridine rings is 1. The Bertz CT molecular complexity index is 1130. The van der Waals surface area contributed by atoms with Gasteiger partial charge >= 0.3 is 0 Å². The van der Waals surface area contributed by atoms with E-state index in [4.69, 9.17) is 0 Å². The van der Waals surface area contributed by atoms with Crippen molar-refractivity contribution < 1.29 is 4.79 Å². The molecule has 5 rings (SSSR count). The van der Waals surface area contributed by atoms with E-state index in [0.29, 0.717) is 11.4 Å². The first-order chi connectivity index (χ1) is 13.8. The zero-order valence-electron chi connectivity index (χ0n) is 15.0. The number of anilines is 1. The van der Waals surface area contributed by atoms with Crippen LogP contribution in [0.25, 0.3) is 10.9 Å². The van der Waals surface area contributed by atoms with Crippen molar-refractivity contribution in [3.63, 3.8) is 0 Å². The molecule has 1 aromatic carbocycles. The maximum Gasteiger partial charge on any atom is 0.273 e. The van der Waals surface area contributed by atoms with Gasteiger partial charge in [0.05, 0.1) is 17.4 Å². The van der Waals surface area contributed by atoms with Gasteiger partial charge in [-0.3, -0.25) is 14.9 Å². The first-order valence-electron chi connectivity index (χ1n) is 9.05. The molecule has 0 aliphatic carbocycles. The number of hydrogen-bond acceptors (Lipinski definition) is 5. The highest BCUT2D eigenvalue weighted by Crippen LogP contribution is 2.27. The fraction of sp³-hybridized carbons (Fsp3) is 0.0952. The number of benzene rings is 1. The Morgan fingerprint density at radius 2 is 2.18 bits per heavy atom. The van der Waals surface area contributed by atoms with Gasteiger partial charge in [-0.2, -0.15) is 5.10 Å². The molecule has 1 unspecified atom stereocenters. The lowest BCUT2D eigenvalue weighted by atomic mass is 10.1. The largest absolute Gasteiger partial charge is 0.358 e. The Morgan fingerprint density at radius 3 is 3.07 bits per heavy atom. The molecule has 2 aliphatic heterocycles. The molecule has 0 bridgehead atoms. The monoisotopic (exact) mass is 370 g/mol. The number of H-pyrrole nitrogens is 1. The summed E-state index contributed by atoms with van der Waals surface area (Å²) in [5, 5.41) is 14.3. The van der Waals surface area contributed by atoms with Crippen molar-refractivity contribution >= 4 is 22.5 Å². The molecule has 2 aromatic heterocycles. The van der Waals surface area contributed by atoms with Gasteiger partial charge in [-0.15, -0.1) is 0 Å². The van der Waals surface area contributed by atoms with Crippen molar-refractivity contribution in [3.05, 3.63) is 90.3 Å². The number of hydrogen-bond donors (Lipinski definition) is 3. The van der Waals surface area contributed by atoms with Crippen molar-refractivity contribution in [1.82, 2.24) is 25.4 Å². The molecule has 0 radical (unpaired) electrons. The fourth-order valence-electron chi connectivity index (χ4n) is 3.53. The summed E-state index contributed by atoms with van der Waals surface area (Å²) in [6.45, 7) is 0. The average Bonchev–Trinajstić information content (AvgIpc) is 3.33. The topological polar surface area (TPSA) is 85.9 Å². The highest BCUT2D eigenvalue weighted by atomic mass is 16.2. The molecule has 7 heteroatoms. The van der Waals surface area contributed by atoms with Crippen LogP contribution in [0.5, 0.6) is 0 Å². The van der Waals surface area contributed by atoms with Gasteiger partial charge in [-0.05, 0) is 42.0 Å². The summed E-state index contributed by atoms with van der Waals surface area (Å²) < 4.78 is 0. The van der Waals surface area contributed by atoms with Gasteiger partial charge in [0.2, 0.25) is 0 Å². The molecule has 28 heavy (non-hydrogen) atoms. The Morgan fingerprint density at radius 1 is 1.21 bits per heavy atom. The van der Waals surface area contributed by atoms with Gasteiger partial charge < -0.3 is 15.5 Å². The number of nitrogens with one attached hydrogen (secondary N) is 3. The quantitative estimate of drug-likeness (QED) is 0.657. The molecule has 0 fully saturated rings. The first-order valence-corrected chi connectivity index (χ1v) is 9.05. The maximum atomic E-state index is 13.0. The summed E-state index contributed by atoms with van der Waals surface area (Å²) in [6, 6.07) is 9.63. The number of carbonyl (C=O) groups excluding carboxylic acids is 1. The van der Waals surface area contributed by atoms with E-state index in [1.54, 1.807) is 12.4 Å². The molecule has 1 atom stereocenters. The summed E-state index contributed by atoms with van der Waals surface area (Å²) in [5.41, 5.74) is 4.12. The number of allylic oxidation sites excluding steroid dienone is 3. The fourth-order valence-corrected chi connectivity index (χ4v) is 3.53. The van der Waals surface area contributed by atoms with E-state index in [9.17, 15) is 4.79 Å². The standard InChI is InChI=1S/C21H18N6O/c28-21(24-16-7-6-15-13-23-26-17(15)11-16)20-18-5-1-2-9-27(18)19(25-20)10-14-4-3-8-22-12-14/h1-9,11-13,19,25H,10H2,(H,23,26)(H,24,28). The minimum atomic E-state index is -0.174. The molecule has 0 saturated carbocycles. The summed E-state index contributed by atoms with van der Waals surface area (Å²) in [6.07, 6.45) is 13.9. The zero-order chi connectivity index (χ0) is 18.9. The molecule has 2 aliphatic rings. The number of carbonyl (C=O) groups is 1. The van der Waals surface area contributed by atoms with Crippen LogP contribution in [-0.2, 0) is 11.2 Å².